The minimum absolute atomic E-state index is 0.0576. The summed E-state index contributed by atoms with van der Waals surface area (Å²) in [6, 6.07) is 20.5. The lowest BCUT2D eigenvalue weighted by Crippen LogP contribution is -2.28. The number of hydrogen-bond donors (Lipinski definition) is 1. The standard InChI is InChI=1S/C44H48FN11O4/c1-9-55-36(19-28(5)49-55)41(58)47-43-51(7)33-13-11-12-14-34(33)53(43)23-26(3)27(4)24-54-39-35(52(8)44(54)48-42(59)37-20-29(6)50-56(37)10-2)21-31(40(46)57)22-38(39)60-25-30-15-17-32(45)18-16-30/h11-22H,9-10,23-25H2,1-8H3,(H2,46,57)/b27-26+,47-43+,48-44+. The van der Waals surface area contributed by atoms with Crippen molar-refractivity contribution in [1.82, 2.24) is 37.8 Å². The lowest BCUT2D eigenvalue weighted by molar-refractivity contribution is 0.0977. The summed E-state index contributed by atoms with van der Waals surface area (Å²) >= 11 is 0. The zero-order valence-electron chi connectivity index (χ0n) is 35.0. The van der Waals surface area contributed by atoms with Crippen LogP contribution >= 0.6 is 0 Å². The number of halogens is 1. The molecule has 0 spiro atoms. The van der Waals surface area contributed by atoms with E-state index in [1.165, 1.54) is 12.1 Å². The number of benzene rings is 3. The summed E-state index contributed by atoms with van der Waals surface area (Å²) in [7, 11) is 3.65. The Bertz CT molecular complexity index is 3000. The van der Waals surface area contributed by atoms with Gasteiger partial charge >= 0.3 is 0 Å². The third-order valence-electron chi connectivity index (χ3n) is 10.7. The van der Waals surface area contributed by atoms with Gasteiger partial charge in [0.15, 0.2) is 0 Å². The van der Waals surface area contributed by atoms with E-state index < -0.39 is 17.7 Å². The molecule has 7 aromatic rings. The lowest BCUT2D eigenvalue weighted by Gasteiger charge is -2.15. The summed E-state index contributed by atoms with van der Waals surface area (Å²) in [6.45, 7) is 13.2. The summed E-state index contributed by atoms with van der Waals surface area (Å²) in [5.41, 5.74) is 14.4. The van der Waals surface area contributed by atoms with Gasteiger partial charge < -0.3 is 28.7 Å². The minimum Gasteiger partial charge on any atom is -0.487 e. The third kappa shape index (κ3) is 7.87. The fourth-order valence-electron chi connectivity index (χ4n) is 7.41. The maximum absolute atomic E-state index is 14.0. The number of fused-ring (bicyclic) bond motifs is 2. The molecule has 0 atom stereocenters. The fourth-order valence-corrected chi connectivity index (χ4v) is 7.41. The first kappa shape index (κ1) is 41.1. The molecule has 3 aromatic carbocycles. The van der Waals surface area contributed by atoms with Crippen LogP contribution in [-0.2, 0) is 46.9 Å². The highest BCUT2D eigenvalue weighted by atomic mass is 19.1. The van der Waals surface area contributed by atoms with E-state index in [0.717, 1.165) is 27.9 Å². The molecule has 0 unspecified atom stereocenters. The van der Waals surface area contributed by atoms with Crippen LogP contribution in [0, 0.1) is 19.7 Å². The highest BCUT2D eigenvalue weighted by Crippen LogP contribution is 2.29. The number of rotatable bonds is 12. The highest BCUT2D eigenvalue weighted by Gasteiger charge is 2.22. The van der Waals surface area contributed by atoms with Gasteiger partial charge in [-0.3, -0.25) is 23.7 Å². The van der Waals surface area contributed by atoms with E-state index in [9.17, 15) is 18.8 Å². The van der Waals surface area contributed by atoms with Gasteiger partial charge in [-0.2, -0.15) is 20.2 Å². The molecule has 4 aromatic heterocycles. The number of primary amides is 1. The molecule has 15 nitrogen and oxygen atoms in total. The number of para-hydroxylation sites is 2. The number of imidazole rings is 2. The van der Waals surface area contributed by atoms with Crippen molar-refractivity contribution in [3.63, 3.8) is 0 Å². The summed E-state index contributed by atoms with van der Waals surface area (Å²) in [5, 5.41) is 8.90. The zero-order chi connectivity index (χ0) is 43.0. The Hall–Kier alpha value is -7.10. The first-order chi connectivity index (χ1) is 28.7. The SMILES string of the molecule is CCn1nc(C)cc1C(=O)/N=c1\n(C)c2ccccc2n1C/C(C)=C(\C)Cn1/c(=N/C(=O)c2cc(C)nn2CC)n(C)c2cc(C(N)=O)cc(OCc3ccc(F)cc3)c21. The molecule has 2 N–H and O–H groups in total. The van der Waals surface area contributed by atoms with Crippen LogP contribution in [-0.4, -0.2) is 55.6 Å². The Morgan fingerprint density at radius 1 is 0.717 bits per heavy atom. The van der Waals surface area contributed by atoms with E-state index >= 15 is 0 Å². The molecule has 310 valence electrons. The molecule has 4 heterocycles. The summed E-state index contributed by atoms with van der Waals surface area (Å²) in [5.74, 6) is -1.62. The van der Waals surface area contributed by atoms with Gasteiger partial charge in [-0.25, -0.2) is 4.39 Å². The topological polar surface area (TPSA) is 167 Å². The largest absolute Gasteiger partial charge is 0.487 e. The molecular formula is C44H48FN11O4. The van der Waals surface area contributed by atoms with Crippen LogP contribution in [0.1, 0.15) is 76.0 Å². The fraction of sp³-hybridized carbons (Fsp3) is 0.295. The van der Waals surface area contributed by atoms with Crippen LogP contribution in [0.15, 0.2) is 93.9 Å². The molecule has 3 amide bonds. The Morgan fingerprint density at radius 3 is 1.78 bits per heavy atom. The van der Waals surface area contributed by atoms with Gasteiger partial charge in [0.25, 0.3) is 11.8 Å². The van der Waals surface area contributed by atoms with Gasteiger partial charge in [0.2, 0.25) is 17.1 Å². The highest BCUT2D eigenvalue weighted by molar-refractivity contribution is 5.99. The van der Waals surface area contributed by atoms with Crippen molar-refractivity contribution >= 4 is 39.8 Å². The smallest absolute Gasteiger partial charge is 0.298 e. The predicted molar refractivity (Wildman–Crippen MR) is 225 cm³/mol. The summed E-state index contributed by atoms with van der Waals surface area (Å²) in [4.78, 5) is 49.7. The van der Waals surface area contributed by atoms with E-state index in [2.05, 4.69) is 20.2 Å². The van der Waals surface area contributed by atoms with Crippen molar-refractivity contribution in [2.45, 2.75) is 74.3 Å². The third-order valence-corrected chi connectivity index (χ3v) is 10.7. The average Bonchev–Trinajstić information content (AvgIpc) is 3.95. The van der Waals surface area contributed by atoms with E-state index in [4.69, 9.17) is 10.5 Å². The van der Waals surface area contributed by atoms with Crippen LogP contribution in [0.2, 0.25) is 0 Å². The minimum atomic E-state index is -0.666. The van der Waals surface area contributed by atoms with E-state index in [0.29, 0.717) is 70.3 Å². The molecule has 0 fully saturated rings. The Kier molecular flexibility index (Phi) is 11.4. The van der Waals surface area contributed by atoms with E-state index in [1.807, 2.05) is 86.6 Å². The lowest BCUT2D eigenvalue weighted by atomic mass is 10.1. The molecule has 0 saturated carbocycles. The molecule has 0 aliphatic heterocycles. The number of carbonyl (C=O) groups excluding carboxylic acids is 3. The molecule has 7 rings (SSSR count). The van der Waals surface area contributed by atoms with Crippen LogP contribution in [0.4, 0.5) is 4.39 Å². The number of hydrogen-bond acceptors (Lipinski definition) is 6. The molecule has 0 aliphatic carbocycles. The average molecular weight is 814 g/mol. The second kappa shape index (κ2) is 16.6. The molecule has 0 saturated heterocycles. The maximum atomic E-state index is 14.0. The van der Waals surface area contributed by atoms with E-state index in [-0.39, 0.29) is 24.5 Å². The Labute approximate surface area is 345 Å². The van der Waals surface area contributed by atoms with Gasteiger partial charge in [-0.15, -0.1) is 0 Å². The zero-order valence-corrected chi connectivity index (χ0v) is 35.0. The number of allylic oxidation sites excluding steroid dienone is 2. The number of aromatic nitrogens is 8. The van der Waals surface area contributed by atoms with Gasteiger partial charge in [-0.05, 0) is 95.6 Å². The number of aryl methyl sites for hydroxylation is 6. The first-order valence-corrected chi connectivity index (χ1v) is 19.7. The molecule has 16 heteroatoms. The van der Waals surface area contributed by atoms with Crippen molar-refractivity contribution < 1.29 is 23.5 Å². The maximum Gasteiger partial charge on any atom is 0.298 e. The molecule has 0 aliphatic rings. The second-order valence-electron chi connectivity index (χ2n) is 14.9. The number of carbonyl (C=O) groups is 3. The normalized spacial score (nSPS) is 12.8. The number of nitrogens with zero attached hydrogens (tertiary/aromatic N) is 10. The molecule has 60 heavy (non-hydrogen) atoms. The van der Waals surface area contributed by atoms with Crippen molar-refractivity contribution in [2.75, 3.05) is 0 Å². The number of nitrogens with two attached hydrogens (primary N) is 1. The number of ether oxygens (including phenoxy) is 1. The number of amides is 3. The van der Waals surface area contributed by atoms with Crippen LogP contribution in [0.25, 0.3) is 22.1 Å². The van der Waals surface area contributed by atoms with Crippen LogP contribution in [0.5, 0.6) is 5.75 Å². The quantitative estimate of drug-likeness (QED) is 0.156. The van der Waals surface area contributed by atoms with Crippen molar-refractivity contribution in [1.29, 1.82) is 0 Å². The Balaban J connectivity index is 1.39. The summed E-state index contributed by atoms with van der Waals surface area (Å²) in [6.07, 6.45) is 0. The van der Waals surface area contributed by atoms with Crippen LogP contribution in [0.3, 0.4) is 0 Å². The van der Waals surface area contributed by atoms with Crippen molar-refractivity contribution in [3.05, 3.63) is 135 Å². The second-order valence-corrected chi connectivity index (χ2v) is 14.9. The van der Waals surface area contributed by atoms with Gasteiger partial charge in [-0.1, -0.05) is 35.4 Å². The molecular weight excluding hydrogens is 766 g/mol. The Morgan fingerprint density at radius 2 is 1.23 bits per heavy atom. The predicted octanol–water partition coefficient (Wildman–Crippen LogP) is 5.66. The molecule has 0 radical (unpaired) electrons. The summed E-state index contributed by atoms with van der Waals surface area (Å²) < 4.78 is 31.0. The molecule has 0 bridgehead atoms. The van der Waals surface area contributed by atoms with Gasteiger partial charge in [0, 0.05) is 45.8 Å². The monoisotopic (exact) mass is 813 g/mol. The van der Waals surface area contributed by atoms with Gasteiger partial charge in [0.1, 0.15) is 35.1 Å². The van der Waals surface area contributed by atoms with E-state index in [1.54, 1.807) is 57.4 Å². The van der Waals surface area contributed by atoms with Crippen molar-refractivity contribution in [2.24, 2.45) is 29.8 Å². The van der Waals surface area contributed by atoms with Crippen molar-refractivity contribution in [3.8, 4) is 5.75 Å². The van der Waals surface area contributed by atoms with Gasteiger partial charge in [0.05, 0.1) is 27.9 Å². The van der Waals surface area contributed by atoms with Crippen LogP contribution < -0.4 is 21.7 Å². The first-order valence-electron chi connectivity index (χ1n) is 19.7.